The van der Waals surface area contributed by atoms with Crippen LogP contribution >= 0.6 is 22.6 Å². The van der Waals surface area contributed by atoms with Crippen molar-refractivity contribution in [3.8, 4) is 0 Å². The second-order valence-electron chi connectivity index (χ2n) is 7.38. The summed E-state index contributed by atoms with van der Waals surface area (Å²) in [4.78, 5) is 46.5. The van der Waals surface area contributed by atoms with Crippen LogP contribution in [-0.2, 0) is 16.2 Å². The molecule has 3 aromatic heterocycles. The zero-order valence-electron chi connectivity index (χ0n) is 18.1. The second-order valence-corrected chi connectivity index (χ2v) is 8.54. The number of hydrogen-bond donors (Lipinski definition) is 7. The zero-order chi connectivity index (χ0) is 25.7. The average Bonchev–Trinajstić information content (AvgIpc) is 3.40. The molecule has 4 rings (SSSR count). The van der Waals surface area contributed by atoms with Gasteiger partial charge in [-0.25, -0.2) is 9.78 Å². The Morgan fingerprint density at radius 1 is 1.22 bits per heavy atom. The molecule has 3 atom stereocenters. The van der Waals surface area contributed by atoms with E-state index < -0.39 is 41.3 Å². The van der Waals surface area contributed by atoms with E-state index in [0.29, 0.717) is 3.57 Å². The fraction of sp³-hybridized carbons (Fsp3) is 0.500. The maximum atomic E-state index is 11.6. The Balaban J connectivity index is 0.000000247. The number of halogens is 1. The van der Waals surface area contributed by atoms with E-state index in [9.17, 15) is 19.5 Å². The fourth-order valence-corrected chi connectivity index (χ4v) is 3.57. The van der Waals surface area contributed by atoms with Crippen molar-refractivity contribution in [2.24, 2.45) is 0 Å². The second kappa shape index (κ2) is 13.7. The minimum atomic E-state index is -0.818. The average molecular weight is 633 g/mol. The van der Waals surface area contributed by atoms with E-state index in [1.165, 1.54) is 21.7 Å². The molecular weight excluding hydrogens is 608 g/mol. The number of aliphatic hydroxyl groups is 4. The number of H-pyrrole nitrogens is 2. The molecule has 0 saturated carbocycles. The van der Waals surface area contributed by atoms with Gasteiger partial charge in [0.2, 0.25) is 5.95 Å². The normalized spacial score (nSPS) is 19.2. The van der Waals surface area contributed by atoms with Crippen LogP contribution in [0.2, 0.25) is 0 Å². The Labute approximate surface area is 237 Å². The molecule has 1 aliphatic heterocycles. The van der Waals surface area contributed by atoms with E-state index in [0.717, 1.165) is 0 Å². The van der Waals surface area contributed by atoms with Crippen molar-refractivity contribution in [1.29, 1.82) is 0 Å². The molecule has 18 heteroatoms. The van der Waals surface area contributed by atoms with Crippen LogP contribution in [0.25, 0.3) is 11.2 Å². The summed E-state index contributed by atoms with van der Waals surface area (Å²) in [6.45, 7) is -0.927. The summed E-state index contributed by atoms with van der Waals surface area (Å²) < 4.78 is 13.5. The Morgan fingerprint density at radius 3 is 2.53 bits per heavy atom. The fourth-order valence-electron chi connectivity index (χ4n) is 3.14. The van der Waals surface area contributed by atoms with Gasteiger partial charge in [0.25, 0.3) is 11.1 Å². The molecule has 0 radical (unpaired) electrons. The number of aliphatic hydroxyl groups excluding tert-OH is 4. The molecule has 0 bridgehead atoms. The van der Waals surface area contributed by atoms with Crippen molar-refractivity contribution in [3.63, 3.8) is 0 Å². The van der Waals surface area contributed by atoms with Gasteiger partial charge in [-0.2, -0.15) is 4.98 Å². The van der Waals surface area contributed by atoms with Crippen molar-refractivity contribution in [2.45, 2.75) is 37.7 Å². The van der Waals surface area contributed by atoms with Gasteiger partial charge in [-0.1, -0.05) is 0 Å². The predicted octanol–water partition coefficient (Wildman–Crippen LogP) is -3.84. The molecule has 8 N–H and O–H groups in total. The van der Waals surface area contributed by atoms with E-state index in [2.05, 4.69) is 19.9 Å². The number of nitrogens with two attached hydrogens (primary N) is 1. The molecule has 1 aliphatic rings. The van der Waals surface area contributed by atoms with Crippen LogP contribution in [0.5, 0.6) is 0 Å². The van der Waals surface area contributed by atoms with Gasteiger partial charge in [0.15, 0.2) is 11.2 Å². The van der Waals surface area contributed by atoms with Crippen LogP contribution in [0, 0.1) is 3.57 Å². The molecule has 0 aromatic carbocycles. The van der Waals surface area contributed by atoms with Gasteiger partial charge >= 0.3 is 35.2 Å². The first kappa shape index (κ1) is 30.5. The molecule has 3 aromatic rings. The number of fused-ring (bicyclic) bond motifs is 1. The van der Waals surface area contributed by atoms with Crippen LogP contribution in [-0.4, -0.2) is 117 Å². The number of nitrogens with one attached hydrogen (secondary N) is 2. The number of hydrogen-bond acceptors (Lipinski definition) is 12. The van der Waals surface area contributed by atoms with Gasteiger partial charge in [0, 0.05) is 12.6 Å². The molecule has 36 heavy (non-hydrogen) atoms. The van der Waals surface area contributed by atoms with Gasteiger partial charge in [-0.3, -0.25) is 28.7 Å². The summed E-state index contributed by atoms with van der Waals surface area (Å²) in [7, 11) is 0. The summed E-state index contributed by atoms with van der Waals surface area (Å²) in [5.41, 5.74) is 4.39. The molecule has 0 spiro atoms. The molecule has 1 saturated heterocycles. The number of rotatable bonds is 7. The summed E-state index contributed by atoms with van der Waals surface area (Å²) in [5.74, 6) is -0.0184. The van der Waals surface area contributed by atoms with E-state index >= 15 is 0 Å². The molecule has 16 nitrogen and oxygen atoms in total. The van der Waals surface area contributed by atoms with Gasteiger partial charge < -0.3 is 35.6 Å². The monoisotopic (exact) mass is 633 g/mol. The molecule has 0 amide bonds. The van der Waals surface area contributed by atoms with Crippen LogP contribution in [0.3, 0.4) is 0 Å². The van der Waals surface area contributed by atoms with Crippen molar-refractivity contribution < 1.29 is 29.9 Å². The topological polar surface area (TPSA) is 244 Å². The van der Waals surface area contributed by atoms with Crippen LogP contribution in [0.4, 0.5) is 5.95 Å². The Kier molecular flexibility index (Phi) is 11.7. The number of nitrogens with zero attached hydrogens (tertiary/aromatic N) is 4. The Bertz CT molecular complexity index is 1320. The summed E-state index contributed by atoms with van der Waals surface area (Å²) in [6.07, 6.45) is 0.0735. The quantitative estimate of drug-likeness (QED) is 0.0978. The third-order valence-corrected chi connectivity index (χ3v) is 5.74. The van der Waals surface area contributed by atoms with Crippen molar-refractivity contribution >= 4 is 69.3 Å². The number of imidazole rings is 1. The first-order chi connectivity index (χ1) is 16.7. The van der Waals surface area contributed by atoms with Crippen LogP contribution in [0.15, 0.2) is 26.9 Å². The Morgan fingerprint density at radius 2 is 1.92 bits per heavy atom. The summed E-state index contributed by atoms with van der Waals surface area (Å²) in [6, 6.07) is 0. The zero-order valence-corrected chi connectivity index (χ0v) is 20.2. The molecule has 1 fully saturated rings. The predicted molar refractivity (Wildman–Crippen MR) is 134 cm³/mol. The molecule has 194 valence electrons. The van der Waals surface area contributed by atoms with Gasteiger partial charge in [0.05, 0.1) is 35.8 Å². The molecule has 0 aliphatic carbocycles. The van der Waals surface area contributed by atoms with Crippen molar-refractivity contribution in [3.05, 3.63) is 47.3 Å². The number of anilines is 1. The minimum absolute atomic E-state index is 0. The standard InChI is InChI=1S/C9H11IN2O5.C9H13N5O4.Na.H/c10-4-2-12(9(16)11-8(4)15)7-1-5(14)6(3-13)17-7;10-9-12-7-6(8(17)13-9)11-3-14(7)4-18-5(1-15)2-16;;/h2,5-7,13-14H,1,3H2,(H,11,15,16);3,5,15-16H,1-2,4H2,(H3,10,12,13,17);;/t5-,6+,7?;;;/m0.../s1. The number of nitrogen functional groups attached to an aromatic ring is 1. The van der Waals surface area contributed by atoms with Crippen LogP contribution in [0.1, 0.15) is 12.6 Å². The third kappa shape index (κ3) is 7.21. The summed E-state index contributed by atoms with van der Waals surface area (Å²) in [5, 5.41) is 36.2. The van der Waals surface area contributed by atoms with Crippen LogP contribution < -0.4 is 22.5 Å². The number of aromatic amines is 2. The molecular formula is C18H25IN7NaO9. The molecule has 4 heterocycles. The van der Waals surface area contributed by atoms with E-state index in [1.54, 1.807) is 22.6 Å². The van der Waals surface area contributed by atoms with E-state index in [1.807, 2.05) is 0 Å². The SMILES string of the molecule is Nc1nc2c(ncn2COC(CO)CO)c(=O)[nH]1.O=c1[nH]c(=O)n(C2C[C@H](O)[C@@H](CO)O2)cc1I.[NaH]. The van der Waals surface area contributed by atoms with E-state index in [4.69, 9.17) is 30.5 Å². The maximum absolute atomic E-state index is 11.6. The number of ether oxygens (including phenoxy) is 2. The third-order valence-electron chi connectivity index (χ3n) is 4.97. The Hall–Kier alpha value is -1.68. The first-order valence-corrected chi connectivity index (χ1v) is 11.3. The number of aromatic nitrogens is 6. The van der Waals surface area contributed by atoms with Crippen molar-refractivity contribution in [1.82, 2.24) is 29.1 Å². The van der Waals surface area contributed by atoms with Gasteiger partial charge in [-0.05, 0) is 22.6 Å². The van der Waals surface area contributed by atoms with Crippen molar-refractivity contribution in [2.75, 3.05) is 25.6 Å². The van der Waals surface area contributed by atoms with Gasteiger partial charge in [-0.15, -0.1) is 0 Å². The van der Waals surface area contributed by atoms with E-state index in [-0.39, 0.29) is 79.6 Å². The summed E-state index contributed by atoms with van der Waals surface area (Å²) >= 11 is 1.80. The first-order valence-electron chi connectivity index (χ1n) is 10.2. The van der Waals surface area contributed by atoms with Gasteiger partial charge in [0.1, 0.15) is 25.2 Å². The molecule has 1 unspecified atom stereocenters.